The van der Waals surface area contributed by atoms with Crippen molar-refractivity contribution >= 4 is 6.09 Å². The molecule has 1 saturated heterocycles. The Morgan fingerprint density at radius 1 is 1.06 bits per heavy atom. The topological polar surface area (TPSA) is 68.2 Å². The normalized spacial score (nSPS) is 39.1. The summed E-state index contributed by atoms with van der Waals surface area (Å²) < 4.78 is 17.3. The largest absolute Gasteiger partial charge is 0.497 e. The van der Waals surface area contributed by atoms with Crippen LogP contribution in [0.2, 0.25) is 0 Å². The molecular formula is C30H39NO5. The van der Waals surface area contributed by atoms with Crippen molar-refractivity contribution in [1.82, 2.24) is 4.90 Å². The molecule has 1 aromatic rings. The molecule has 0 radical (unpaired) electrons. The molecular weight excluding hydrogens is 454 g/mol. The Morgan fingerprint density at radius 3 is 2.64 bits per heavy atom. The molecule has 4 aliphatic carbocycles. The summed E-state index contributed by atoms with van der Waals surface area (Å²) in [6.45, 7) is 5.89. The molecule has 5 aliphatic rings. The standard InChI is InChI=1S/C30H39NO5/c1-28-12-9-21(32)15-20(28)6-8-23-24(28)10-13-29(2)25(23)11-14-30(29)18-31(27(33)36-30)17-19-5-7-22(34-3)16-26(19)35-4/h5-8,16,21,24-25,32H,9-15,17-18H2,1-4H3. The molecule has 4 fully saturated rings. The highest BCUT2D eigenvalue weighted by Crippen LogP contribution is 2.67. The van der Waals surface area contributed by atoms with Gasteiger partial charge in [0.2, 0.25) is 0 Å². The van der Waals surface area contributed by atoms with Crippen molar-refractivity contribution in [2.24, 2.45) is 22.7 Å². The molecule has 1 heterocycles. The summed E-state index contributed by atoms with van der Waals surface area (Å²) in [5.74, 6) is 2.43. The van der Waals surface area contributed by atoms with Crippen molar-refractivity contribution in [3.63, 3.8) is 0 Å². The zero-order chi connectivity index (χ0) is 25.3. The molecule has 0 bridgehead atoms. The Balaban J connectivity index is 1.26. The van der Waals surface area contributed by atoms with E-state index in [2.05, 4.69) is 26.0 Å². The van der Waals surface area contributed by atoms with Crippen molar-refractivity contribution < 1.29 is 24.1 Å². The second-order valence-electron chi connectivity index (χ2n) is 12.2. The summed E-state index contributed by atoms with van der Waals surface area (Å²) in [5.41, 5.74) is 3.58. The van der Waals surface area contributed by atoms with Crippen molar-refractivity contribution in [2.45, 2.75) is 77.0 Å². The van der Waals surface area contributed by atoms with Gasteiger partial charge in [-0.05, 0) is 74.3 Å². The van der Waals surface area contributed by atoms with Gasteiger partial charge in [0.25, 0.3) is 0 Å². The van der Waals surface area contributed by atoms with Crippen LogP contribution in [0.3, 0.4) is 0 Å². The SMILES string of the molecule is COc1ccc(CN2CC3(CCC4C5=CC=C6CC(O)CCC6(C)C5CCC43C)OC2=O)c(OC)c1. The summed E-state index contributed by atoms with van der Waals surface area (Å²) in [5, 5.41) is 10.3. The fraction of sp³-hybridized carbons (Fsp3) is 0.633. The molecule has 1 amide bonds. The number of carbonyl (C=O) groups excluding carboxylic acids is 1. The molecule has 1 spiro atoms. The number of methoxy groups -OCH3 is 2. The summed E-state index contributed by atoms with van der Waals surface area (Å²) >= 11 is 0. The first kappa shape index (κ1) is 23.9. The Bertz CT molecular complexity index is 1140. The van der Waals surface area contributed by atoms with Crippen molar-refractivity contribution in [1.29, 1.82) is 0 Å². The molecule has 194 valence electrons. The lowest BCUT2D eigenvalue weighted by Gasteiger charge is -2.55. The number of rotatable bonds is 4. The van der Waals surface area contributed by atoms with Gasteiger partial charge in [-0.1, -0.05) is 37.1 Å². The number of fused-ring (bicyclic) bond motifs is 6. The third-order valence-corrected chi connectivity index (χ3v) is 10.7. The van der Waals surface area contributed by atoms with Crippen LogP contribution < -0.4 is 9.47 Å². The summed E-state index contributed by atoms with van der Waals surface area (Å²) in [6.07, 6.45) is 11.2. The van der Waals surface area contributed by atoms with Crippen LogP contribution in [0.4, 0.5) is 4.79 Å². The minimum Gasteiger partial charge on any atom is -0.497 e. The van der Waals surface area contributed by atoms with Gasteiger partial charge < -0.3 is 19.3 Å². The van der Waals surface area contributed by atoms with E-state index in [1.54, 1.807) is 19.8 Å². The second kappa shape index (κ2) is 8.27. The van der Waals surface area contributed by atoms with Gasteiger partial charge >= 0.3 is 6.09 Å². The van der Waals surface area contributed by atoms with Crippen LogP contribution in [-0.2, 0) is 11.3 Å². The first-order valence-corrected chi connectivity index (χ1v) is 13.5. The van der Waals surface area contributed by atoms with Gasteiger partial charge in [0.15, 0.2) is 0 Å². The molecule has 36 heavy (non-hydrogen) atoms. The molecule has 0 aromatic heterocycles. The third kappa shape index (κ3) is 3.29. The van der Waals surface area contributed by atoms with E-state index in [1.807, 2.05) is 23.1 Å². The van der Waals surface area contributed by atoms with Crippen LogP contribution in [0.5, 0.6) is 11.5 Å². The highest BCUT2D eigenvalue weighted by molar-refractivity contribution is 5.71. The van der Waals surface area contributed by atoms with Crippen LogP contribution in [0.25, 0.3) is 0 Å². The van der Waals surface area contributed by atoms with E-state index in [0.717, 1.165) is 62.0 Å². The molecule has 1 N–H and O–H groups in total. The molecule has 6 heteroatoms. The summed E-state index contributed by atoms with van der Waals surface area (Å²) in [6, 6.07) is 5.74. The molecule has 6 atom stereocenters. The molecule has 6 nitrogen and oxygen atoms in total. The first-order valence-electron chi connectivity index (χ1n) is 13.5. The number of nitrogens with zero attached hydrogens (tertiary/aromatic N) is 1. The Hall–Kier alpha value is -2.47. The van der Waals surface area contributed by atoms with Crippen LogP contribution in [-0.4, -0.2) is 48.6 Å². The lowest BCUT2D eigenvalue weighted by atomic mass is 9.50. The zero-order valence-corrected chi connectivity index (χ0v) is 22.0. The Labute approximate surface area is 214 Å². The highest BCUT2D eigenvalue weighted by atomic mass is 16.6. The zero-order valence-electron chi connectivity index (χ0n) is 22.0. The minimum atomic E-state index is -0.450. The number of benzene rings is 1. The van der Waals surface area contributed by atoms with E-state index in [9.17, 15) is 9.90 Å². The van der Waals surface area contributed by atoms with E-state index in [4.69, 9.17) is 14.2 Å². The number of hydrogen-bond acceptors (Lipinski definition) is 5. The van der Waals surface area contributed by atoms with Gasteiger partial charge in [-0.25, -0.2) is 4.79 Å². The number of aliphatic hydroxyl groups is 1. The van der Waals surface area contributed by atoms with Gasteiger partial charge in [0.05, 0.1) is 33.4 Å². The van der Waals surface area contributed by atoms with Gasteiger partial charge in [-0.3, -0.25) is 4.90 Å². The van der Waals surface area contributed by atoms with E-state index < -0.39 is 5.60 Å². The van der Waals surface area contributed by atoms with Gasteiger partial charge in [0.1, 0.15) is 17.1 Å². The smallest absolute Gasteiger partial charge is 0.410 e. The number of allylic oxidation sites excluding steroid dienone is 3. The predicted octanol–water partition coefficient (Wildman–Crippen LogP) is 5.64. The molecule has 6 rings (SSSR count). The van der Waals surface area contributed by atoms with Crippen molar-refractivity contribution in [2.75, 3.05) is 20.8 Å². The van der Waals surface area contributed by atoms with Crippen LogP contribution in [0.1, 0.15) is 64.4 Å². The molecule has 3 saturated carbocycles. The monoisotopic (exact) mass is 493 g/mol. The van der Waals surface area contributed by atoms with Gasteiger partial charge in [0, 0.05) is 17.0 Å². The molecule has 1 aliphatic heterocycles. The van der Waals surface area contributed by atoms with E-state index in [0.29, 0.717) is 24.9 Å². The first-order chi connectivity index (χ1) is 17.2. The van der Waals surface area contributed by atoms with Crippen LogP contribution in [0, 0.1) is 22.7 Å². The maximum Gasteiger partial charge on any atom is 0.410 e. The number of carbonyl (C=O) groups is 1. The molecule has 6 unspecified atom stereocenters. The quantitative estimate of drug-likeness (QED) is 0.588. The number of amides is 1. The third-order valence-electron chi connectivity index (χ3n) is 10.7. The number of ether oxygens (including phenoxy) is 3. The maximum atomic E-state index is 13.2. The highest BCUT2D eigenvalue weighted by Gasteiger charge is 2.67. The lowest BCUT2D eigenvalue weighted by molar-refractivity contribution is -0.0627. The summed E-state index contributed by atoms with van der Waals surface area (Å²) in [7, 11) is 3.28. The fourth-order valence-corrected chi connectivity index (χ4v) is 8.45. The maximum absolute atomic E-state index is 13.2. The number of aliphatic hydroxyl groups excluding tert-OH is 1. The Kier molecular flexibility index (Phi) is 5.49. The fourth-order valence-electron chi connectivity index (χ4n) is 8.45. The van der Waals surface area contributed by atoms with E-state index in [-0.39, 0.29) is 23.0 Å². The van der Waals surface area contributed by atoms with Crippen LogP contribution >= 0.6 is 0 Å². The van der Waals surface area contributed by atoms with E-state index in [1.165, 1.54) is 5.57 Å². The average Bonchev–Trinajstić information content (AvgIpc) is 3.35. The Morgan fingerprint density at radius 2 is 1.86 bits per heavy atom. The van der Waals surface area contributed by atoms with Gasteiger partial charge in [-0.15, -0.1) is 0 Å². The van der Waals surface area contributed by atoms with E-state index >= 15 is 0 Å². The van der Waals surface area contributed by atoms with Gasteiger partial charge in [-0.2, -0.15) is 0 Å². The minimum absolute atomic E-state index is 0.0698. The van der Waals surface area contributed by atoms with Crippen LogP contribution in [0.15, 0.2) is 41.5 Å². The average molecular weight is 494 g/mol. The van der Waals surface area contributed by atoms with Crippen molar-refractivity contribution in [3.05, 3.63) is 47.1 Å². The number of hydrogen-bond donors (Lipinski definition) is 1. The lowest BCUT2D eigenvalue weighted by Crippen LogP contribution is -2.53. The second-order valence-corrected chi connectivity index (χ2v) is 12.2. The predicted molar refractivity (Wildman–Crippen MR) is 137 cm³/mol. The van der Waals surface area contributed by atoms with Crippen molar-refractivity contribution in [3.8, 4) is 11.5 Å². The summed E-state index contributed by atoms with van der Waals surface area (Å²) in [4.78, 5) is 15.1. The molecule has 1 aromatic carbocycles.